The van der Waals surface area contributed by atoms with Gasteiger partial charge < -0.3 is 19.1 Å². The second-order valence-electron chi connectivity index (χ2n) is 5.43. The van der Waals surface area contributed by atoms with E-state index in [4.69, 9.17) is 20.8 Å². The molecule has 0 N–H and O–H groups in total. The quantitative estimate of drug-likeness (QED) is 0.442. The molecule has 27 heavy (non-hydrogen) atoms. The van der Waals surface area contributed by atoms with Gasteiger partial charge in [0.2, 0.25) is 5.89 Å². The Morgan fingerprint density at radius 2 is 1.96 bits per heavy atom. The number of carboxylic acids is 1. The van der Waals surface area contributed by atoms with Crippen molar-refractivity contribution in [3.8, 4) is 5.75 Å². The lowest BCUT2D eigenvalue weighted by Crippen LogP contribution is -2.23. The van der Waals surface area contributed by atoms with Crippen molar-refractivity contribution in [3.63, 3.8) is 0 Å². The van der Waals surface area contributed by atoms with Crippen LogP contribution in [0, 0.1) is 6.92 Å². The summed E-state index contributed by atoms with van der Waals surface area (Å²) in [6, 6.07) is 14.4. The number of halogens is 1. The Morgan fingerprint density at radius 1 is 1.22 bits per heavy atom. The number of carbonyl (C=O) groups excluding carboxylic acids is 1. The average Bonchev–Trinajstić information content (AvgIpc) is 3.06. The molecule has 6 nitrogen and oxygen atoms in total. The number of hydrogen-bond acceptors (Lipinski definition) is 7. The first-order chi connectivity index (χ1) is 13.0. The highest BCUT2D eigenvalue weighted by molar-refractivity contribution is 8.03. The molecule has 1 aromatic heterocycles. The van der Waals surface area contributed by atoms with Crippen molar-refractivity contribution in [1.82, 2.24) is 10.2 Å². The highest BCUT2D eigenvalue weighted by atomic mass is 35.5. The summed E-state index contributed by atoms with van der Waals surface area (Å²) in [5, 5.41) is 19.6. The van der Waals surface area contributed by atoms with Gasteiger partial charge in [0.25, 0.3) is 5.22 Å². The Morgan fingerprint density at radius 3 is 2.59 bits per heavy atom. The van der Waals surface area contributed by atoms with E-state index in [9.17, 15) is 9.90 Å². The number of hydrogen-bond donors (Lipinski definition) is 0. The third-order valence-electron chi connectivity index (χ3n) is 3.44. The molecule has 0 radical (unpaired) electrons. The van der Waals surface area contributed by atoms with Crippen molar-refractivity contribution in [1.29, 1.82) is 0 Å². The normalized spacial score (nSPS) is 11.4. The maximum Gasteiger partial charge on any atom is 0.281 e. The van der Waals surface area contributed by atoms with E-state index in [-0.39, 0.29) is 10.1 Å². The predicted molar refractivity (Wildman–Crippen MR) is 100 cm³/mol. The van der Waals surface area contributed by atoms with Crippen molar-refractivity contribution in [2.45, 2.75) is 18.8 Å². The minimum atomic E-state index is -1.32. The highest BCUT2D eigenvalue weighted by Crippen LogP contribution is 2.27. The summed E-state index contributed by atoms with van der Waals surface area (Å²) in [7, 11) is 0. The summed E-state index contributed by atoms with van der Waals surface area (Å²) in [5.41, 5.74) is 1.55. The van der Waals surface area contributed by atoms with Crippen LogP contribution in [-0.4, -0.2) is 16.2 Å². The van der Waals surface area contributed by atoms with E-state index in [0.29, 0.717) is 28.8 Å². The molecular weight excluding hydrogens is 388 g/mol. The number of aliphatic carboxylic acids is 1. The van der Waals surface area contributed by atoms with Gasteiger partial charge in [0, 0.05) is 22.4 Å². The third-order valence-corrected chi connectivity index (χ3v) is 4.65. The van der Waals surface area contributed by atoms with Crippen LogP contribution in [0.25, 0.3) is 6.08 Å². The van der Waals surface area contributed by atoms with Gasteiger partial charge in [0.15, 0.2) is 0 Å². The molecule has 0 amide bonds. The first-order valence-corrected chi connectivity index (χ1v) is 9.08. The maximum atomic E-state index is 11.3. The van der Waals surface area contributed by atoms with Gasteiger partial charge in [-0.2, -0.15) is 0 Å². The molecule has 0 bridgehead atoms. The van der Waals surface area contributed by atoms with Crippen LogP contribution in [0.15, 0.2) is 63.1 Å². The van der Waals surface area contributed by atoms with Gasteiger partial charge in [-0.25, -0.2) is 0 Å². The minimum Gasteiger partial charge on any atom is -0.544 e. The Labute approximate surface area is 164 Å². The van der Waals surface area contributed by atoms with Crippen molar-refractivity contribution < 1.29 is 19.1 Å². The van der Waals surface area contributed by atoms with Gasteiger partial charge >= 0.3 is 0 Å². The molecule has 2 aromatic carbocycles. The topological polar surface area (TPSA) is 88.3 Å². The van der Waals surface area contributed by atoms with Gasteiger partial charge in [-0.05, 0) is 41.6 Å². The van der Waals surface area contributed by atoms with Crippen LogP contribution < -0.4 is 9.84 Å². The second-order valence-corrected chi connectivity index (χ2v) is 6.83. The molecule has 0 spiro atoms. The number of rotatable bonds is 7. The minimum absolute atomic E-state index is 0.0385. The summed E-state index contributed by atoms with van der Waals surface area (Å²) >= 11 is 6.94. The summed E-state index contributed by atoms with van der Waals surface area (Å²) in [6.45, 7) is 1.96. The second kappa shape index (κ2) is 8.75. The third kappa shape index (κ3) is 5.35. The fourth-order valence-corrected chi connectivity index (χ4v) is 3.03. The molecule has 0 aliphatic rings. The molecule has 0 aliphatic carbocycles. The molecule has 8 heteroatoms. The SMILES string of the molecule is Cc1nnc(S/C(=C\c2ccc(OCc3ccccc3Cl)cc2)C(=O)[O-])o1. The molecule has 0 saturated heterocycles. The summed E-state index contributed by atoms with van der Waals surface area (Å²) < 4.78 is 10.9. The van der Waals surface area contributed by atoms with Crippen LogP contribution >= 0.6 is 23.4 Å². The Balaban J connectivity index is 1.68. The molecule has 1 heterocycles. The van der Waals surface area contributed by atoms with E-state index in [1.165, 1.54) is 6.08 Å². The number of ether oxygens (including phenoxy) is 1. The van der Waals surface area contributed by atoms with Crippen molar-refractivity contribution in [3.05, 3.63) is 75.5 Å². The van der Waals surface area contributed by atoms with Crippen molar-refractivity contribution >= 4 is 35.4 Å². The lowest BCUT2D eigenvalue weighted by Gasteiger charge is -2.09. The van der Waals surface area contributed by atoms with Crippen molar-refractivity contribution in [2.24, 2.45) is 0 Å². The van der Waals surface area contributed by atoms with E-state index < -0.39 is 5.97 Å². The van der Waals surface area contributed by atoms with Crippen LogP contribution in [0.2, 0.25) is 5.02 Å². The van der Waals surface area contributed by atoms with Gasteiger partial charge in [-0.1, -0.05) is 41.9 Å². The number of benzene rings is 2. The number of nitrogens with zero attached hydrogens (tertiary/aromatic N) is 2. The number of aryl methyl sites for hydroxylation is 1. The lowest BCUT2D eigenvalue weighted by molar-refractivity contribution is -0.298. The fraction of sp³-hybridized carbons (Fsp3) is 0.105. The predicted octanol–water partition coefficient (Wildman–Crippen LogP) is 3.49. The molecule has 0 atom stereocenters. The molecule has 0 unspecified atom stereocenters. The van der Waals surface area contributed by atoms with E-state index in [2.05, 4.69) is 10.2 Å². The first-order valence-electron chi connectivity index (χ1n) is 7.88. The van der Waals surface area contributed by atoms with E-state index in [1.807, 2.05) is 18.2 Å². The average molecular weight is 402 g/mol. The lowest BCUT2D eigenvalue weighted by atomic mass is 10.2. The Hall–Kier alpha value is -2.77. The monoisotopic (exact) mass is 401 g/mol. The smallest absolute Gasteiger partial charge is 0.281 e. The zero-order valence-corrected chi connectivity index (χ0v) is 15.8. The largest absolute Gasteiger partial charge is 0.544 e. The van der Waals surface area contributed by atoms with E-state index in [0.717, 1.165) is 17.3 Å². The van der Waals surface area contributed by atoms with Crippen LogP contribution in [0.1, 0.15) is 17.0 Å². The molecule has 0 aliphatic heterocycles. The van der Waals surface area contributed by atoms with Gasteiger partial charge in [-0.3, -0.25) is 0 Å². The van der Waals surface area contributed by atoms with Crippen LogP contribution in [0.5, 0.6) is 5.75 Å². The number of carboxylic acid groups (broad SMARTS) is 1. The molecule has 3 aromatic rings. The molecule has 0 saturated carbocycles. The van der Waals surface area contributed by atoms with E-state index in [1.54, 1.807) is 37.3 Å². The Kier molecular flexibility index (Phi) is 6.16. The van der Waals surface area contributed by atoms with Crippen molar-refractivity contribution in [2.75, 3.05) is 0 Å². The Bertz CT molecular complexity index is 970. The van der Waals surface area contributed by atoms with Crippen LogP contribution in [0.4, 0.5) is 0 Å². The number of aromatic nitrogens is 2. The van der Waals surface area contributed by atoms with Crippen LogP contribution in [0.3, 0.4) is 0 Å². The summed E-state index contributed by atoms with van der Waals surface area (Å²) in [5.74, 6) is -0.327. The zero-order valence-electron chi connectivity index (χ0n) is 14.2. The van der Waals surface area contributed by atoms with Gasteiger partial charge in [0.1, 0.15) is 12.4 Å². The zero-order chi connectivity index (χ0) is 19.2. The van der Waals surface area contributed by atoms with E-state index >= 15 is 0 Å². The fourth-order valence-electron chi connectivity index (χ4n) is 2.13. The molecule has 3 rings (SSSR count). The molecule has 0 fully saturated rings. The summed E-state index contributed by atoms with van der Waals surface area (Å²) in [6.07, 6.45) is 1.47. The van der Waals surface area contributed by atoms with Crippen LogP contribution in [-0.2, 0) is 11.4 Å². The molecule has 138 valence electrons. The first kappa shape index (κ1) is 19.0. The summed E-state index contributed by atoms with van der Waals surface area (Å²) in [4.78, 5) is 11.3. The number of carbonyl (C=O) groups is 1. The molecular formula is C19H14ClN2O4S-. The number of thioether (sulfide) groups is 1. The van der Waals surface area contributed by atoms with Gasteiger partial charge in [0.05, 0.1) is 5.97 Å². The highest BCUT2D eigenvalue weighted by Gasteiger charge is 2.09. The van der Waals surface area contributed by atoms with Gasteiger partial charge in [-0.15, -0.1) is 10.2 Å². The standard InChI is InChI=1S/C19H15ClN2O4S/c1-12-21-22-19(26-12)27-17(18(23)24)10-13-6-8-15(9-7-13)25-11-14-4-2-3-5-16(14)20/h2-10H,11H2,1H3,(H,23,24)/p-1/b17-10-. The maximum absolute atomic E-state index is 11.3.